The van der Waals surface area contributed by atoms with Gasteiger partial charge in [0.1, 0.15) is 5.92 Å². The van der Waals surface area contributed by atoms with Crippen LogP contribution in [0.5, 0.6) is 0 Å². The van der Waals surface area contributed by atoms with Gasteiger partial charge in [-0.15, -0.1) is 5.11 Å². The van der Waals surface area contributed by atoms with E-state index < -0.39 is 4.99 Å². The normalized spacial score (nSPS) is 24.3. The number of rotatable bonds is 4. The van der Waals surface area contributed by atoms with Gasteiger partial charge in [-0.3, -0.25) is 10.1 Å². The molecule has 0 amide bonds. The number of azo groups is 1. The van der Waals surface area contributed by atoms with Gasteiger partial charge in [-0.1, -0.05) is 66.4 Å². The van der Waals surface area contributed by atoms with Gasteiger partial charge >= 0.3 is 4.99 Å². The maximum Gasteiger partial charge on any atom is 0.384 e. The number of hydrogen-bond acceptors (Lipinski definition) is 5. The lowest BCUT2D eigenvalue weighted by Crippen LogP contribution is -2.37. The molecule has 0 fully saturated rings. The van der Waals surface area contributed by atoms with Crippen LogP contribution in [0.4, 0.5) is 0 Å². The largest absolute Gasteiger partial charge is 0.384 e. The Balaban J connectivity index is 1.95. The summed E-state index contributed by atoms with van der Waals surface area (Å²) in [6, 6.07) is 14.1. The van der Waals surface area contributed by atoms with E-state index in [2.05, 4.69) is 22.4 Å². The molecule has 0 radical (unpaired) electrons. The Bertz CT molecular complexity index is 770. The zero-order valence-electron chi connectivity index (χ0n) is 12.0. The Kier molecular flexibility index (Phi) is 3.94. The van der Waals surface area contributed by atoms with Crippen molar-refractivity contribution >= 4 is 28.6 Å². The molecule has 0 unspecified atom stereocenters. The minimum Gasteiger partial charge on any atom is -0.261 e. The Labute approximate surface area is 132 Å². The molecule has 0 aromatic heterocycles. The lowest BCUT2D eigenvalue weighted by Gasteiger charge is -2.18. The summed E-state index contributed by atoms with van der Waals surface area (Å²) in [5, 5.41) is 21.4. The zero-order chi connectivity index (χ0) is 15.6. The molecule has 1 heterocycles. The van der Waals surface area contributed by atoms with E-state index in [1.54, 1.807) is 6.26 Å². The Morgan fingerprint density at radius 1 is 1.32 bits per heavy atom. The summed E-state index contributed by atoms with van der Waals surface area (Å²) >= 11 is 1.12. The summed E-state index contributed by atoms with van der Waals surface area (Å²) in [6.45, 7) is 0.350. The summed E-state index contributed by atoms with van der Waals surface area (Å²) in [4.78, 5) is 9.66. The van der Waals surface area contributed by atoms with Crippen molar-refractivity contribution < 1.29 is 4.92 Å². The number of hydrogen-bond donors (Lipinski definition) is 0. The van der Waals surface area contributed by atoms with Crippen LogP contribution in [0.2, 0.25) is 0 Å². The molecule has 0 saturated heterocycles. The van der Waals surface area contributed by atoms with Crippen LogP contribution in [0, 0.1) is 16.0 Å². The van der Waals surface area contributed by atoms with Crippen LogP contribution in [0.1, 0.15) is 5.56 Å². The van der Waals surface area contributed by atoms with Crippen molar-refractivity contribution in [3.05, 3.63) is 64.2 Å². The average molecular weight is 313 g/mol. The van der Waals surface area contributed by atoms with Gasteiger partial charge in [-0.2, -0.15) is 5.11 Å². The summed E-state index contributed by atoms with van der Waals surface area (Å²) in [6.07, 6.45) is 5.50. The van der Waals surface area contributed by atoms with Crippen molar-refractivity contribution in [1.82, 2.24) is 0 Å². The Morgan fingerprint density at radius 3 is 2.86 bits per heavy atom. The third-order valence-corrected chi connectivity index (χ3v) is 5.00. The molecular formula is C16H15N3O2S. The van der Waals surface area contributed by atoms with E-state index >= 15 is 0 Å². The highest BCUT2D eigenvalue weighted by Crippen LogP contribution is 2.39. The molecule has 6 heteroatoms. The smallest absolute Gasteiger partial charge is 0.261 e. The molecule has 2 aromatic carbocycles. The van der Waals surface area contributed by atoms with Gasteiger partial charge in [0, 0.05) is 0 Å². The van der Waals surface area contributed by atoms with Gasteiger partial charge < -0.3 is 0 Å². The molecule has 22 heavy (non-hydrogen) atoms. The second kappa shape index (κ2) is 5.88. The summed E-state index contributed by atoms with van der Waals surface area (Å²) in [7, 11) is 0. The maximum atomic E-state index is 11.4. The topological polar surface area (TPSA) is 67.9 Å². The van der Waals surface area contributed by atoms with Crippen molar-refractivity contribution in [2.45, 2.75) is 4.99 Å². The van der Waals surface area contributed by atoms with Gasteiger partial charge in [0.2, 0.25) is 0 Å². The summed E-state index contributed by atoms with van der Waals surface area (Å²) < 4.78 is 0. The second-order valence-electron chi connectivity index (χ2n) is 5.08. The van der Waals surface area contributed by atoms with Crippen LogP contribution in [0.25, 0.3) is 16.8 Å². The molecule has 112 valence electrons. The predicted octanol–water partition coefficient (Wildman–Crippen LogP) is 4.23. The first-order valence-electron chi connectivity index (χ1n) is 6.91. The first kappa shape index (κ1) is 14.7. The summed E-state index contributed by atoms with van der Waals surface area (Å²) in [5.41, 5.74) is 1.04. The van der Waals surface area contributed by atoms with Crippen molar-refractivity contribution in [1.29, 1.82) is 0 Å². The highest BCUT2D eigenvalue weighted by molar-refractivity contribution is 7.99. The van der Waals surface area contributed by atoms with E-state index in [-0.39, 0.29) is 10.8 Å². The standard InChI is InChI=1S/C16H15N3O2S/c1-22-16(19(20)21)14(11-17-18-16)10-9-13-7-4-6-12-5-2-3-8-15(12)13/h2-10,14H,11H2,1H3/b10-9+/t14-,16-/m0/s1. The molecule has 0 saturated carbocycles. The number of nitrogens with zero attached hydrogens (tertiary/aromatic N) is 3. The highest BCUT2D eigenvalue weighted by atomic mass is 32.2. The Hall–Kier alpha value is -2.21. The molecule has 0 aliphatic carbocycles. The minimum atomic E-state index is -1.39. The molecule has 1 aliphatic heterocycles. The van der Waals surface area contributed by atoms with Crippen LogP contribution in [-0.2, 0) is 0 Å². The SMILES string of the molecule is CS[C@]1([N+](=O)[O-])N=NC[C@@H]1/C=C/c1cccc2ccccc12. The van der Waals surface area contributed by atoms with Crippen LogP contribution in [-0.4, -0.2) is 22.7 Å². The van der Waals surface area contributed by atoms with Crippen molar-refractivity contribution in [3.8, 4) is 0 Å². The molecule has 0 spiro atoms. The van der Waals surface area contributed by atoms with E-state index in [0.717, 1.165) is 28.1 Å². The molecule has 2 aromatic rings. The molecule has 2 atom stereocenters. The van der Waals surface area contributed by atoms with Gasteiger partial charge in [0.15, 0.2) is 0 Å². The minimum absolute atomic E-state index is 0.337. The average Bonchev–Trinajstić information content (AvgIpc) is 2.97. The summed E-state index contributed by atoms with van der Waals surface area (Å²) in [5.74, 6) is -0.337. The lowest BCUT2D eigenvalue weighted by atomic mass is 10.0. The predicted molar refractivity (Wildman–Crippen MR) is 89.4 cm³/mol. The first-order chi connectivity index (χ1) is 10.7. The monoisotopic (exact) mass is 313 g/mol. The highest BCUT2D eigenvalue weighted by Gasteiger charge is 2.53. The van der Waals surface area contributed by atoms with Crippen LogP contribution in [0.3, 0.4) is 0 Å². The maximum absolute atomic E-state index is 11.4. The lowest BCUT2D eigenvalue weighted by molar-refractivity contribution is -0.541. The molecule has 5 nitrogen and oxygen atoms in total. The quantitative estimate of drug-likeness (QED) is 0.482. The van der Waals surface area contributed by atoms with Crippen molar-refractivity contribution in [2.75, 3.05) is 12.8 Å². The van der Waals surface area contributed by atoms with E-state index in [4.69, 9.17) is 0 Å². The van der Waals surface area contributed by atoms with Crippen LogP contribution < -0.4 is 0 Å². The number of thioether (sulfide) groups is 1. The molecule has 3 rings (SSSR count). The van der Waals surface area contributed by atoms with Gasteiger partial charge in [0.05, 0.1) is 11.5 Å². The fourth-order valence-corrected chi connectivity index (χ4v) is 3.41. The van der Waals surface area contributed by atoms with E-state index in [1.807, 2.05) is 42.5 Å². The first-order valence-corrected chi connectivity index (χ1v) is 8.14. The number of nitro groups is 1. The third kappa shape index (κ3) is 2.39. The van der Waals surface area contributed by atoms with Crippen LogP contribution >= 0.6 is 11.8 Å². The molecule has 0 bridgehead atoms. The second-order valence-corrected chi connectivity index (χ2v) is 6.09. The van der Waals surface area contributed by atoms with Crippen molar-refractivity contribution in [2.24, 2.45) is 16.1 Å². The fourth-order valence-electron chi connectivity index (χ4n) is 2.66. The third-order valence-electron chi connectivity index (χ3n) is 3.87. The zero-order valence-corrected chi connectivity index (χ0v) is 12.9. The van der Waals surface area contributed by atoms with E-state index in [9.17, 15) is 10.1 Å². The number of benzene rings is 2. The molecule has 0 N–H and O–H groups in total. The van der Waals surface area contributed by atoms with E-state index in [0.29, 0.717) is 6.54 Å². The molecular weight excluding hydrogens is 298 g/mol. The van der Waals surface area contributed by atoms with Crippen LogP contribution in [0.15, 0.2) is 58.8 Å². The Morgan fingerprint density at radius 2 is 2.09 bits per heavy atom. The van der Waals surface area contributed by atoms with Crippen molar-refractivity contribution in [3.63, 3.8) is 0 Å². The fraction of sp³-hybridized carbons (Fsp3) is 0.250. The molecule has 1 aliphatic rings. The van der Waals surface area contributed by atoms with Gasteiger partial charge in [0.25, 0.3) is 0 Å². The van der Waals surface area contributed by atoms with E-state index in [1.165, 1.54) is 0 Å². The number of fused-ring (bicyclic) bond motifs is 1. The van der Waals surface area contributed by atoms with Gasteiger partial charge in [-0.25, -0.2) is 0 Å². The van der Waals surface area contributed by atoms with Gasteiger partial charge in [-0.05, 0) is 22.6 Å².